The van der Waals surface area contributed by atoms with Crippen LogP contribution in [0.2, 0.25) is 0 Å². The molecule has 0 atom stereocenters. The zero-order chi connectivity index (χ0) is 23.0. The van der Waals surface area contributed by atoms with Gasteiger partial charge in [0.1, 0.15) is 37.9 Å². The molecule has 4 nitrogen and oxygen atoms in total. The monoisotopic (exact) mass is 680 g/mol. The van der Waals surface area contributed by atoms with Crippen LogP contribution in [0.3, 0.4) is 0 Å². The summed E-state index contributed by atoms with van der Waals surface area (Å²) in [5.41, 5.74) is 1.95. The molecule has 0 aromatic heterocycles. The highest BCUT2D eigenvalue weighted by atomic mass is 79.9. The SMILES string of the molecule is C=COCCOc1c(Br)cc(C(C)(C)c2cc(Br)c(OCCOC=C)c(Br)c2)cc1Br. The summed E-state index contributed by atoms with van der Waals surface area (Å²) >= 11 is 14.6. The standard InChI is InChI=1S/C23H24Br4O4/c1-5-28-7-9-30-21-17(24)11-15(12-18(21)25)23(3,4)16-13-19(26)22(20(27)14-16)31-10-8-29-6-2/h5-6,11-14H,1-2,7-10H2,3-4H3. The number of hydrogen-bond donors (Lipinski definition) is 0. The first-order chi connectivity index (χ1) is 14.7. The molecule has 0 N–H and O–H groups in total. The van der Waals surface area contributed by atoms with Crippen LogP contribution in [-0.2, 0) is 14.9 Å². The van der Waals surface area contributed by atoms with E-state index in [2.05, 4.69) is 115 Å². The van der Waals surface area contributed by atoms with Crippen molar-refractivity contribution in [1.82, 2.24) is 0 Å². The lowest BCUT2D eigenvalue weighted by molar-refractivity contribution is 0.178. The molecule has 0 aliphatic carbocycles. The van der Waals surface area contributed by atoms with E-state index in [1.54, 1.807) is 0 Å². The summed E-state index contributed by atoms with van der Waals surface area (Å²) in [6.45, 7) is 13.1. The molecule has 0 amide bonds. The van der Waals surface area contributed by atoms with Gasteiger partial charge in [0.25, 0.3) is 0 Å². The van der Waals surface area contributed by atoms with Gasteiger partial charge in [-0.25, -0.2) is 0 Å². The second kappa shape index (κ2) is 12.3. The maximum absolute atomic E-state index is 5.84. The smallest absolute Gasteiger partial charge is 0.147 e. The number of hydrogen-bond acceptors (Lipinski definition) is 4. The topological polar surface area (TPSA) is 36.9 Å². The third kappa shape index (κ3) is 7.01. The van der Waals surface area contributed by atoms with E-state index in [4.69, 9.17) is 18.9 Å². The highest BCUT2D eigenvalue weighted by Gasteiger charge is 2.27. The minimum Gasteiger partial charge on any atom is -0.498 e. The van der Waals surface area contributed by atoms with Crippen molar-refractivity contribution in [2.24, 2.45) is 0 Å². The molecule has 8 heteroatoms. The van der Waals surface area contributed by atoms with Crippen LogP contribution in [0.15, 0.2) is 67.8 Å². The van der Waals surface area contributed by atoms with E-state index in [0.29, 0.717) is 26.4 Å². The van der Waals surface area contributed by atoms with E-state index < -0.39 is 0 Å². The van der Waals surface area contributed by atoms with Gasteiger partial charge in [-0.2, -0.15) is 0 Å². The minimum atomic E-state index is -0.287. The zero-order valence-corrected chi connectivity index (χ0v) is 23.7. The highest BCUT2D eigenvalue weighted by molar-refractivity contribution is 9.11. The van der Waals surface area contributed by atoms with E-state index in [-0.39, 0.29) is 5.41 Å². The van der Waals surface area contributed by atoms with Gasteiger partial charge in [0.2, 0.25) is 0 Å². The Hall–Kier alpha value is -0.960. The van der Waals surface area contributed by atoms with Crippen molar-refractivity contribution >= 4 is 63.7 Å². The summed E-state index contributed by atoms with van der Waals surface area (Å²) in [5, 5.41) is 0. The molecule has 0 spiro atoms. The molecular weight excluding hydrogens is 660 g/mol. The average Bonchev–Trinajstić information content (AvgIpc) is 2.71. The molecule has 0 bridgehead atoms. The third-order valence-corrected chi connectivity index (χ3v) is 6.93. The molecule has 0 saturated heterocycles. The van der Waals surface area contributed by atoms with E-state index in [0.717, 1.165) is 40.5 Å². The molecule has 0 unspecified atom stereocenters. The highest BCUT2D eigenvalue weighted by Crippen LogP contribution is 2.44. The molecule has 0 heterocycles. The lowest BCUT2D eigenvalue weighted by atomic mass is 9.78. The maximum Gasteiger partial charge on any atom is 0.147 e. The van der Waals surface area contributed by atoms with Crippen molar-refractivity contribution in [3.8, 4) is 11.5 Å². The molecule has 0 radical (unpaired) electrons. The zero-order valence-electron chi connectivity index (χ0n) is 17.4. The first-order valence-corrected chi connectivity index (χ1v) is 12.6. The lowest BCUT2D eigenvalue weighted by Crippen LogP contribution is -2.19. The third-order valence-electron chi connectivity index (χ3n) is 4.57. The fourth-order valence-electron chi connectivity index (χ4n) is 2.83. The average molecular weight is 684 g/mol. The first kappa shape index (κ1) is 26.3. The van der Waals surface area contributed by atoms with Gasteiger partial charge in [-0.3, -0.25) is 0 Å². The molecule has 0 aliphatic heterocycles. The van der Waals surface area contributed by atoms with Crippen LogP contribution in [0.25, 0.3) is 0 Å². The van der Waals surface area contributed by atoms with Crippen molar-refractivity contribution in [2.75, 3.05) is 26.4 Å². The Morgan fingerprint density at radius 2 is 1.00 bits per heavy atom. The maximum atomic E-state index is 5.84. The van der Waals surface area contributed by atoms with Gasteiger partial charge < -0.3 is 18.9 Å². The van der Waals surface area contributed by atoms with Gasteiger partial charge >= 0.3 is 0 Å². The Bertz CT molecular complexity index is 808. The molecule has 2 aromatic carbocycles. The van der Waals surface area contributed by atoms with Crippen LogP contribution in [-0.4, -0.2) is 26.4 Å². The van der Waals surface area contributed by atoms with Gasteiger partial charge in [-0.1, -0.05) is 27.0 Å². The lowest BCUT2D eigenvalue weighted by Gasteiger charge is -2.28. The van der Waals surface area contributed by atoms with Crippen LogP contribution < -0.4 is 9.47 Å². The first-order valence-electron chi connectivity index (χ1n) is 9.42. The Morgan fingerprint density at radius 3 is 1.29 bits per heavy atom. The second-order valence-corrected chi connectivity index (χ2v) is 10.4. The fraction of sp³-hybridized carbons (Fsp3) is 0.304. The summed E-state index contributed by atoms with van der Waals surface area (Å²) in [5.74, 6) is 1.47. The molecular formula is C23H24Br4O4. The predicted octanol–water partition coefficient (Wildman–Crippen LogP) is 8.14. The van der Waals surface area contributed by atoms with Crippen LogP contribution in [0.5, 0.6) is 11.5 Å². The number of ether oxygens (including phenoxy) is 4. The summed E-state index contributed by atoms with van der Waals surface area (Å²) in [7, 11) is 0. The summed E-state index contributed by atoms with van der Waals surface area (Å²) in [6, 6.07) is 8.31. The molecule has 0 fully saturated rings. The quantitative estimate of drug-likeness (QED) is 0.167. The molecule has 2 rings (SSSR count). The molecule has 0 aliphatic rings. The molecule has 31 heavy (non-hydrogen) atoms. The van der Waals surface area contributed by atoms with E-state index in [1.807, 2.05) is 0 Å². The Morgan fingerprint density at radius 1 is 0.677 bits per heavy atom. The van der Waals surface area contributed by atoms with Gasteiger partial charge in [0.15, 0.2) is 0 Å². The van der Waals surface area contributed by atoms with Crippen LogP contribution >= 0.6 is 63.7 Å². The van der Waals surface area contributed by atoms with Crippen molar-refractivity contribution in [2.45, 2.75) is 19.3 Å². The van der Waals surface area contributed by atoms with E-state index >= 15 is 0 Å². The van der Waals surface area contributed by atoms with Crippen molar-refractivity contribution in [1.29, 1.82) is 0 Å². The summed E-state index contributed by atoms with van der Waals surface area (Å²) in [6.07, 6.45) is 2.81. The van der Waals surface area contributed by atoms with Crippen molar-refractivity contribution in [3.63, 3.8) is 0 Å². The van der Waals surface area contributed by atoms with Gasteiger partial charge in [0, 0.05) is 5.41 Å². The van der Waals surface area contributed by atoms with Crippen LogP contribution in [0.1, 0.15) is 25.0 Å². The van der Waals surface area contributed by atoms with Crippen molar-refractivity contribution in [3.05, 3.63) is 79.0 Å². The Balaban J connectivity index is 2.28. The summed E-state index contributed by atoms with van der Waals surface area (Å²) < 4.78 is 25.4. The van der Waals surface area contributed by atoms with E-state index in [1.165, 1.54) is 12.5 Å². The number of benzene rings is 2. The predicted molar refractivity (Wildman–Crippen MR) is 139 cm³/mol. The fourth-order valence-corrected chi connectivity index (χ4v) is 5.67. The summed E-state index contributed by atoms with van der Waals surface area (Å²) in [4.78, 5) is 0. The van der Waals surface area contributed by atoms with Crippen molar-refractivity contribution < 1.29 is 18.9 Å². The molecule has 0 saturated carbocycles. The second-order valence-electron chi connectivity index (χ2n) is 6.93. The van der Waals surface area contributed by atoms with E-state index in [9.17, 15) is 0 Å². The normalized spacial score (nSPS) is 11.0. The number of halogens is 4. The largest absolute Gasteiger partial charge is 0.498 e. The van der Waals surface area contributed by atoms with Gasteiger partial charge in [-0.05, 0) is 99.1 Å². The molecule has 2 aromatic rings. The van der Waals surface area contributed by atoms with Crippen LogP contribution in [0, 0.1) is 0 Å². The van der Waals surface area contributed by atoms with Gasteiger partial charge in [0.05, 0.1) is 30.4 Å². The number of rotatable bonds is 12. The van der Waals surface area contributed by atoms with Crippen LogP contribution in [0.4, 0.5) is 0 Å². The Kier molecular flexibility index (Phi) is 10.5. The molecule has 168 valence electrons. The Labute approximate surface area is 217 Å². The van der Waals surface area contributed by atoms with Gasteiger partial charge in [-0.15, -0.1) is 0 Å². The minimum absolute atomic E-state index is 0.287.